The predicted molar refractivity (Wildman–Crippen MR) is 106 cm³/mol. The number of hydrogen-bond donors (Lipinski definition) is 3. The molecule has 1 aromatic rings. The number of fused-ring (bicyclic) bond motifs is 1. The second-order valence-electron chi connectivity index (χ2n) is 7.75. The highest BCUT2D eigenvalue weighted by atomic mass is 16.6. The summed E-state index contributed by atoms with van der Waals surface area (Å²) < 4.78 is 10.2. The van der Waals surface area contributed by atoms with Crippen LogP contribution in [0.1, 0.15) is 56.2 Å². The Labute approximate surface area is 170 Å². The summed E-state index contributed by atoms with van der Waals surface area (Å²) in [7, 11) is 1.47. The van der Waals surface area contributed by atoms with E-state index in [1.54, 1.807) is 0 Å². The fraction of sp³-hybridized carbons (Fsp3) is 0.632. The molecule has 1 saturated heterocycles. The van der Waals surface area contributed by atoms with Gasteiger partial charge in [-0.15, -0.1) is 0 Å². The molecule has 3 heterocycles. The highest BCUT2D eigenvalue weighted by Crippen LogP contribution is 2.27. The summed E-state index contributed by atoms with van der Waals surface area (Å²) in [5, 5.41) is 8.70. The molecule has 0 unspecified atom stereocenters. The van der Waals surface area contributed by atoms with E-state index in [0.29, 0.717) is 30.8 Å². The highest BCUT2D eigenvalue weighted by Gasteiger charge is 2.22. The summed E-state index contributed by atoms with van der Waals surface area (Å²) in [6.45, 7) is 7.56. The minimum atomic E-state index is -0.406. The number of methoxy groups -OCH3 is 1. The molecule has 10 nitrogen and oxygen atoms in total. The normalized spacial score (nSPS) is 16.5. The summed E-state index contributed by atoms with van der Waals surface area (Å²) in [6, 6.07) is 0.270. The number of aromatic nitrogens is 2. The number of ether oxygens (including phenoxy) is 2. The maximum atomic E-state index is 11.4. The second-order valence-corrected chi connectivity index (χ2v) is 7.75. The van der Waals surface area contributed by atoms with Crippen molar-refractivity contribution < 1.29 is 23.9 Å². The first-order valence-corrected chi connectivity index (χ1v) is 9.62. The van der Waals surface area contributed by atoms with E-state index in [1.165, 1.54) is 7.11 Å². The zero-order valence-corrected chi connectivity index (χ0v) is 17.3. The molecule has 0 bridgehead atoms. The standard InChI is InChI=1S/C10H20N2O2.C9H9N3O3/c1-10(2,3)14-9(13)12-8-4-6-11-7-5-8;1-15-9-5-2-3-7(14)12-8(5)10-6(4-13)11-9/h8,11H,4-7H2,1-3H3,(H,12,13);4H,2-3H2,1H3,(H,10,11,12,14). The van der Waals surface area contributed by atoms with E-state index in [0.717, 1.165) is 31.5 Å². The van der Waals surface area contributed by atoms with Crippen LogP contribution in [0.15, 0.2) is 0 Å². The fourth-order valence-electron chi connectivity index (χ4n) is 2.90. The van der Waals surface area contributed by atoms with Crippen molar-refractivity contribution in [3.8, 4) is 5.88 Å². The van der Waals surface area contributed by atoms with Crippen LogP contribution in [0.25, 0.3) is 0 Å². The maximum Gasteiger partial charge on any atom is 0.407 e. The molecule has 29 heavy (non-hydrogen) atoms. The molecular weight excluding hydrogens is 378 g/mol. The van der Waals surface area contributed by atoms with Crippen molar-refractivity contribution >= 4 is 24.1 Å². The van der Waals surface area contributed by atoms with Gasteiger partial charge in [-0.05, 0) is 53.1 Å². The predicted octanol–water partition coefficient (Wildman–Crippen LogP) is 1.45. The van der Waals surface area contributed by atoms with E-state index in [9.17, 15) is 14.4 Å². The van der Waals surface area contributed by atoms with E-state index in [4.69, 9.17) is 9.47 Å². The van der Waals surface area contributed by atoms with E-state index in [-0.39, 0.29) is 23.9 Å². The number of nitrogens with zero attached hydrogens (tertiary/aromatic N) is 2. The van der Waals surface area contributed by atoms with Gasteiger partial charge in [0.05, 0.1) is 12.7 Å². The maximum absolute atomic E-state index is 11.4. The molecule has 0 atom stereocenters. The molecule has 0 spiro atoms. The van der Waals surface area contributed by atoms with Crippen molar-refractivity contribution in [2.75, 3.05) is 25.5 Å². The summed E-state index contributed by atoms with van der Waals surface area (Å²) in [5.74, 6) is 0.621. The Morgan fingerprint density at radius 3 is 2.48 bits per heavy atom. The number of anilines is 1. The third-order valence-electron chi connectivity index (χ3n) is 4.21. The van der Waals surface area contributed by atoms with Crippen molar-refractivity contribution in [2.45, 2.75) is 58.1 Å². The van der Waals surface area contributed by atoms with Crippen molar-refractivity contribution in [3.05, 3.63) is 11.4 Å². The molecule has 10 heteroatoms. The van der Waals surface area contributed by atoms with Crippen molar-refractivity contribution in [1.82, 2.24) is 20.6 Å². The third kappa shape index (κ3) is 7.30. The Kier molecular flexibility index (Phi) is 7.89. The number of amides is 2. The Hall–Kier alpha value is -2.75. The molecule has 3 rings (SSSR count). The number of nitrogens with one attached hydrogen (secondary N) is 3. The van der Waals surface area contributed by atoms with E-state index in [1.807, 2.05) is 20.8 Å². The largest absolute Gasteiger partial charge is 0.481 e. The van der Waals surface area contributed by atoms with Crippen molar-refractivity contribution in [1.29, 1.82) is 0 Å². The fourth-order valence-corrected chi connectivity index (χ4v) is 2.90. The lowest BCUT2D eigenvalue weighted by atomic mass is 10.1. The van der Waals surface area contributed by atoms with Gasteiger partial charge in [-0.2, -0.15) is 4.98 Å². The Balaban J connectivity index is 0.000000208. The second kappa shape index (κ2) is 10.1. The quantitative estimate of drug-likeness (QED) is 0.642. The zero-order chi connectivity index (χ0) is 21.4. The van der Waals surface area contributed by atoms with E-state index >= 15 is 0 Å². The van der Waals surface area contributed by atoms with Crippen LogP contribution in [0.5, 0.6) is 5.88 Å². The molecule has 160 valence electrons. The summed E-state index contributed by atoms with van der Waals surface area (Å²) >= 11 is 0. The van der Waals surface area contributed by atoms with Crippen LogP contribution in [0, 0.1) is 0 Å². The zero-order valence-electron chi connectivity index (χ0n) is 17.3. The molecule has 2 amide bonds. The molecule has 0 aromatic carbocycles. The number of carbonyl (C=O) groups is 3. The van der Waals surface area contributed by atoms with Gasteiger partial charge < -0.3 is 25.4 Å². The van der Waals surface area contributed by atoms with Gasteiger partial charge in [0.1, 0.15) is 11.4 Å². The number of hydrogen-bond acceptors (Lipinski definition) is 8. The molecule has 0 saturated carbocycles. The minimum Gasteiger partial charge on any atom is -0.481 e. The molecular formula is C19H29N5O5. The summed E-state index contributed by atoms with van der Waals surface area (Å²) in [6.07, 6.45) is 3.10. The Bertz CT molecular complexity index is 741. The number of rotatable bonds is 3. The topological polar surface area (TPSA) is 132 Å². The lowest BCUT2D eigenvalue weighted by Crippen LogP contribution is -2.44. The molecule has 1 fully saturated rings. The number of piperidine rings is 1. The van der Waals surface area contributed by atoms with Crippen LogP contribution < -0.4 is 20.7 Å². The van der Waals surface area contributed by atoms with Crippen molar-refractivity contribution in [2.24, 2.45) is 0 Å². The van der Waals surface area contributed by atoms with Crippen LogP contribution in [0.3, 0.4) is 0 Å². The van der Waals surface area contributed by atoms with Gasteiger partial charge in [0.25, 0.3) is 0 Å². The van der Waals surface area contributed by atoms with Gasteiger partial charge in [-0.25, -0.2) is 9.78 Å². The van der Waals surface area contributed by atoms with Crippen LogP contribution in [0.4, 0.5) is 10.6 Å². The molecule has 1 aromatic heterocycles. The van der Waals surface area contributed by atoms with Gasteiger partial charge in [0.15, 0.2) is 12.1 Å². The third-order valence-corrected chi connectivity index (χ3v) is 4.21. The summed E-state index contributed by atoms with van der Waals surface area (Å²) in [4.78, 5) is 40.8. The smallest absolute Gasteiger partial charge is 0.407 e. The average molecular weight is 407 g/mol. The van der Waals surface area contributed by atoms with Crippen molar-refractivity contribution in [3.63, 3.8) is 0 Å². The molecule has 2 aliphatic rings. The van der Waals surface area contributed by atoms with Gasteiger partial charge in [-0.1, -0.05) is 0 Å². The van der Waals surface area contributed by atoms with Crippen LogP contribution in [0.2, 0.25) is 0 Å². The van der Waals surface area contributed by atoms with E-state index < -0.39 is 5.60 Å². The first kappa shape index (κ1) is 22.5. The average Bonchev–Trinajstić information content (AvgIpc) is 2.66. The van der Waals surface area contributed by atoms with Gasteiger partial charge in [-0.3, -0.25) is 9.59 Å². The molecule has 3 N–H and O–H groups in total. The highest BCUT2D eigenvalue weighted by molar-refractivity contribution is 5.93. The minimum absolute atomic E-state index is 0.00722. The summed E-state index contributed by atoms with van der Waals surface area (Å²) in [5.41, 5.74) is 0.333. The molecule has 0 aliphatic carbocycles. The molecule has 2 aliphatic heterocycles. The van der Waals surface area contributed by atoms with Crippen LogP contribution >= 0.6 is 0 Å². The molecule has 0 radical (unpaired) electrons. The lowest BCUT2D eigenvalue weighted by molar-refractivity contribution is -0.116. The van der Waals surface area contributed by atoms with Gasteiger partial charge >= 0.3 is 6.09 Å². The Morgan fingerprint density at radius 2 is 1.90 bits per heavy atom. The number of carbonyl (C=O) groups excluding carboxylic acids is 3. The Morgan fingerprint density at radius 1 is 1.21 bits per heavy atom. The first-order chi connectivity index (χ1) is 13.7. The van der Waals surface area contributed by atoms with Gasteiger partial charge in [0.2, 0.25) is 11.8 Å². The van der Waals surface area contributed by atoms with Gasteiger partial charge in [0, 0.05) is 12.5 Å². The monoisotopic (exact) mass is 407 g/mol. The van der Waals surface area contributed by atoms with Crippen LogP contribution in [-0.2, 0) is 16.0 Å². The number of alkyl carbamates (subject to hydrolysis) is 1. The lowest BCUT2D eigenvalue weighted by Gasteiger charge is -2.26. The van der Waals surface area contributed by atoms with Crippen LogP contribution in [-0.4, -0.2) is 60.1 Å². The first-order valence-electron chi connectivity index (χ1n) is 9.62. The SMILES string of the molecule is CC(C)(C)OC(=O)NC1CCNCC1.COc1nc(C=O)nc2c1CCC(=O)N2. The van der Waals surface area contributed by atoms with E-state index in [2.05, 4.69) is 25.9 Å². The number of aldehydes is 1.